The molecule has 0 aliphatic carbocycles. The molecule has 0 unspecified atom stereocenters. The second-order valence-corrected chi connectivity index (χ2v) is 5.45. The Morgan fingerprint density at radius 3 is 2.58 bits per heavy atom. The Morgan fingerprint density at radius 1 is 1.04 bits per heavy atom. The average molecular weight is 353 g/mol. The first-order valence-corrected chi connectivity index (χ1v) is 7.92. The lowest BCUT2D eigenvalue weighted by Gasteiger charge is -2.18. The number of carbonyl (C=O) groups is 1. The molecule has 0 radical (unpaired) electrons. The summed E-state index contributed by atoms with van der Waals surface area (Å²) in [6.07, 6.45) is 0. The molecule has 3 aromatic rings. The first-order valence-electron chi connectivity index (χ1n) is 7.92. The molecule has 1 aliphatic heterocycles. The lowest BCUT2D eigenvalue weighted by Crippen LogP contribution is -2.15. The standard InChI is InChI=1S/C18H15N3O5/c1-23-13-5-2-11(3-6-13)16(22)19-18-21-20-17(26-18)12-4-7-14-15(10-12)25-9-8-24-14/h2-7,10H,8-9H2,1H3,(H,19,21,22). The number of rotatable bonds is 4. The van der Waals surface area contributed by atoms with Crippen molar-refractivity contribution in [3.63, 3.8) is 0 Å². The highest BCUT2D eigenvalue weighted by Gasteiger charge is 2.17. The minimum Gasteiger partial charge on any atom is -0.497 e. The van der Waals surface area contributed by atoms with E-state index in [1.165, 1.54) is 0 Å². The van der Waals surface area contributed by atoms with Gasteiger partial charge in [0.2, 0.25) is 5.89 Å². The molecule has 8 nitrogen and oxygen atoms in total. The smallest absolute Gasteiger partial charge is 0.322 e. The van der Waals surface area contributed by atoms with Crippen molar-refractivity contribution in [1.82, 2.24) is 10.2 Å². The fourth-order valence-corrected chi connectivity index (χ4v) is 2.48. The highest BCUT2D eigenvalue weighted by molar-refractivity contribution is 6.03. The maximum atomic E-state index is 12.2. The van der Waals surface area contributed by atoms with Crippen LogP contribution in [0.3, 0.4) is 0 Å². The summed E-state index contributed by atoms with van der Waals surface area (Å²) in [4.78, 5) is 12.2. The summed E-state index contributed by atoms with van der Waals surface area (Å²) in [5, 5.41) is 10.4. The third kappa shape index (κ3) is 3.16. The molecular weight excluding hydrogens is 338 g/mol. The van der Waals surface area contributed by atoms with Gasteiger partial charge in [-0.15, -0.1) is 5.10 Å². The maximum Gasteiger partial charge on any atom is 0.322 e. The summed E-state index contributed by atoms with van der Waals surface area (Å²) in [7, 11) is 1.56. The summed E-state index contributed by atoms with van der Waals surface area (Å²) in [5.41, 5.74) is 1.12. The molecule has 8 heteroatoms. The van der Waals surface area contributed by atoms with Crippen LogP contribution < -0.4 is 19.5 Å². The van der Waals surface area contributed by atoms with Crippen LogP contribution in [0.15, 0.2) is 46.9 Å². The highest BCUT2D eigenvalue weighted by atomic mass is 16.6. The Labute approximate surface area is 148 Å². The minimum absolute atomic E-state index is 0.00991. The van der Waals surface area contributed by atoms with Crippen LogP contribution in [0.5, 0.6) is 17.2 Å². The molecule has 1 amide bonds. The van der Waals surface area contributed by atoms with Crippen molar-refractivity contribution in [2.24, 2.45) is 0 Å². The Hall–Kier alpha value is -3.55. The zero-order chi connectivity index (χ0) is 17.9. The van der Waals surface area contributed by atoms with E-state index in [1.807, 2.05) is 0 Å². The van der Waals surface area contributed by atoms with Crippen molar-refractivity contribution in [1.29, 1.82) is 0 Å². The monoisotopic (exact) mass is 353 g/mol. The number of carbonyl (C=O) groups excluding carboxylic acids is 1. The predicted octanol–water partition coefficient (Wildman–Crippen LogP) is 2.77. The van der Waals surface area contributed by atoms with Crippen molar-refractivity contribution in [2.75, 3.05) is 25.6 Å². The van der Waals surface area contributed by atoms with Crippen molar-refractivity contribution < 1.29 is 23.4 Å². The molecule has 132 valence electrons. The minimum atomic E-state index is -0.356. The largest absolute Gasteiger partial charge is 0.497 e. The summed E-state index contributed by atoms with van der Waals surface area (Å²) < 4.78 is 21.6. The van der Waals surface area contributed by atoms with Crippen molar-refractivity contribution in [3.05, 3.63) is 48.0 Å². The van der Waals surface area contributed by atoms with E-state index in [9.17, 15) is 4.79 Å². The second kappa shape index (κ2) is 6.75. The Bertz CT molecular complexity index is 936. The summed E-state index contributed by atoms with van der Waals surface area (Å²) >= 11 is 0. The lowest BCUT2D eigenvalue weighted by molar-refractivity contribution is 0.102. The predicted molar refractivity (Wildman–Crippen MR) is 91.7 cm³/mol. The number of amides is 1. The number of hydrogen-bond acceptors (Lipinski definition) is 7. The number of nitrogens with zero attached hydrogens (tertiary/aromatic N) is 2. The molecule has 1 N–H and O–H groups in total. The first-order chi connectivity index (χ1) is 12.7. The van der Waals surface area contributed by atoms with Gasteiger partial charge in [-0.2, -0.15) is 0 Å². The number of ether oxygens (including phenoxy) is 3. The molecule has 0 spiro atoms. The molecule has 0 atom stereocenters. The van der Waals surface area contributed by atoms with Crippen LogP contribution >= 0.6 is 0 Å². The number of nitrogens with one attached hydrogen (secondary N) is 1. The summed E-state index contributed by atoms with van der Waals surface area (Å²) in [6.45, 7) is 1.01. The summed E-state index contributed by atoms with van der Waals surface area (Å²) in [5.74, 6) is 1.88. The number of methoxy groups -OCH3 is 1. The van der Waals surface area contributed by atoms with Gasteiger partial charge < -0.3 is 18.6 Å². The number of benzene rings is 2. The van der Waals surface area contributed by atoms with Gasteiger partial charge in [0, 0.05) is 11.1 Å². The van der Waals surface area contributed by atoms with Crippen LogP contribution in [0.25, 0.3) is 11.5 Å². The molecule has 1 aliphatic rings. The van der Waals surface area contributed by atoms with Gasteiger partial charge in [0.15, 0.2) is 11.5 Å². The van der Waals surface area contributed by atoms with Crippen LogP contribution in [0.1, 0.15) is 10.4 Å². The topological polar surface area (TPSA) is 95.7 Å². The third-order valence-corrected chi connectivity index (χ3v) is 3.79. The van der Waals surface area contributed by atoms with Gasteiger partial charge in [0.1, 0.15) is 19.0 Å². The number of hydrogen-bond donors (Lipinski definition) is 1. The zero-order valence-corrected chi connectivity index (χ0v) is 13.9. The Morgan fingerprint density at radius 2 is 1.81 bits per heavy atom. The normalized spacial score (nSPS) is 12.5. The van der Waals surface area contributed by atoms with E-state index in [2.05, 4.69) is 15.5 Å². The van der Waals surface area contributed by atoms with E-state index < -0.39 is 0 Å². The Balaban J connectivity index is 1.50. The molecule has 2 heterocycles. The van der Waals surface area contributed by atoms with Crippen LogP contribution in [0.2, 0.25) is 0 Å². The van der Waals surface area contributed by atoms with E-state index in [4.69, 9.17) is 18.6 Å². The van der Waals surface area contributed by atoms with E-state index in [1.54, 1.807) is 49.6 Å². The summed E-state index contributed by atoms with van der Waals surface area (Å²) in [6, 6.07) is 12.0. The number of aromatic nitrogens is 2. The van der Waals surface area contributed by atoms with Crippen molar-refractivity contribution in [3.8, 4) is 28.7 Å². The van der Waals surface area contributed by atoms with Gasteiger partial charge in [0.25, 0.3) is 5.91 Å². The van der Waals surface area contributed by atoms with Gasteiger partial charge in [-0.1, -0.05) is 5.10 Å². The van der Waals surface area contributed by atoms with Gasteiger partial charge >= 0.3 is 6.01 Å². The van der Waals surface area contributed by atoms with Crippen molar-refractivity contribution in [2.45, 2.75) is 0 Å². The molecule has 0 bridgehead atoms. The third-order valence-electron chi connectivity index (χ3n) is 3.79. The van der Waals surface area contributed by atoms with E-state index in [-0.39, 0.29) is 17.8 Å². The highest BCUT2D eigenvalue weighted by Crippen LogP contribution is 2.34. The van der Waals surface area contributed by atoms with Gasteiger partial charge in [0.05, 0.1) is 7.11 Å². The van der Waals surface area contributed by atoms with Crippen molar-refractivity contribution >= 4 is 11.9 Å². The average Bonchev–Trinajstić information content (AvgIpc) is 3.16. The Kier molecular flexibility index (Phi) is 4.14. The first kappa shape index (κ1) is 15.9. The molecule has 0 saturated carbocycles. The maximum absolute atomic E-state index is 12.2. The number of fused-ring (bicyclic) bond motifs is 1. The lowest BCUT2D eigenvalue weighted by atomic mass is 10.2. The molecule has 2 aromatic carbocycles. The molecule has 1 aromatic heterocycles. The fraction of sp³-hybridized carbons (Fsp3) is 0.167. The van der Waals surface area contributed by atoms with E-state index in [0.717, 1.165) is 0 Å². The van der Waals surface area contributed by atoms with E-state index in [0.29, 0.717) is 41.6 Å². The molecule has 0 saturated heterocycles. The molecule has 0 fully saturated rings. The molecule has 4 rings (SSSR count). The van der Waals surface area contributed by atoms with Crippen LogP contribution in [-0.2, 0) is 0 Å². The number of anilines is 1. The van der Waals surface area contributed by atoms with Gasteiger partial charge in [-0.25, -0.2) is 0 Å². The SMILES string of the molecule is COc1ccc(C(=O)Nc2nnc(-c3ccc4c(c3)OCCO4)o2)cc1. The molecule has 26 heavy (non-hydrogen) atoms. The van der Waals surface area contributed by atoms with Crippen LogP contribution in [0, 0.1) is 0 Å². The zero-order valence-electron chi connectivity index (χ0n) is 13.9. The van der Waals surface area contributed by atoms with Crippen LogP contribution in [0.4, 0.5) is 6.01 Å². The van der Waals surface area contributed by atoms with Crippen LogP contribution in [-0.4, -0.2) is 36.4 Å². The fourth-order valence-electron chi connectivity index (χ4n) is 2.48. The second-order valence-electron chi connectivity index (χ2n) is 5.45. The van der Waals surface area contributed by atoms with Gasteiger partial charge in [-0.05, 0) is 42.5 Å². The van der Waals surface area contributed by atoms with Gasteiger partial charge in [-0.3, -0.25) is 10.1 Å². The molecular formula is C18H15N3O5. The quantitative estimate of drug-likeness (QED) is 0.770. The van der Waals surface area contributed by atoms with E-state index >= 15 is 0 Å².